The molecular formula is C6H10N2O. The van der Waals surface area contributed by atoms with Crippen LogP contribution in [0.3, 0.4) is 0 Å². The molecule has 0 spiro atoms. The third-order valence-electron chi connectivity index (χ3n) is 1.70. The van der Waals surface area contributed by atoms with Gasteiger partial charge < -0.3 is 10.1 Å². The van der Waals surface area contributed by atoms with Crippen LogP contribution in [0, 0.1) is 11.3 Å². The third kappa shape index (κ3) is 1.04. The summed E-state index contributed by atoms with van der Waals surface area (Å²) in [7, 11) is 1.86. The Morgan fingerprint density at radius 2 is 2.44 bits per heavy atom. The van der Waals surface area contributed by atoms with Gasteiger partial charge in [0.05, 0.1) is 31.2 Å². The monoisotopic (exact) mass is 126 g/mol. The van der Waals surface area contributed by atoms with Crippen LogP contribution < -0.4 is 5.32 Å². The average molecular weight is 126 g/mol. The molecule has 0 aromatic carbocycles. The highest BCUT2D eigenvalue weighted by Gasteiger charge is 2.36. The molecule has 1 aliphatic heterocycles. The van der Waals surface area contributed by atoms with Gasteiger partial charge in [-0.05, 0) is 7.05 Å². The number of nitrogens with one attached hydrogen (secondary N) is 1. The first-order chi connectivity index (χ1) is 4.33. The summed E-state index contributed by atoms with van der Waals surface area (Å²) in [6.45, 7) is 1.36. The zero-order chi connectivity index (χ0) is 6.74. The van der Waals surface area contributed by atoms with Crippen molar-refractivity contribution in [1.82, 2.24) is 5.32 Å². The first-order valence-corrected chi connectivity index (χ1v) is 2.97. The molecule has 0 saturated carbocycles. The van der Waals surface area contributed by atoms with Crippen molar-refractivity contribution in [3.63, 3.8) is 0 Å². The summed E-state index contributed by atoms with van der Waals surface area (Å²) in [6.07, 6.45) is 0.545. The highest BCUT2D eigenvalue weighted by Crippen LogP contribution is 2.19. The van der Waals surface area contributed by atoms with Crippen molar-refractivity contribution < 1.29 is 4.74 Å². The molecule has 0 radical (unpaired) electrons. The van der Waals surface area contributed by atoms with Gasteiger partial charge in [-0.3, -0.25) is 0 Å². The summed E-state index contributed by atoms with van der Waals surface area (Å²) in [4.78, 5) is 0. The molecule has 1 heterocycles. The Labute approximate surface area is 54.6 Å². The number of nitrogens with zero attached hydrogens (tertiary/aromatic N) is 1. The van der Waals surface area contributed by atoms with Crippen LogP contribution in [-0.2, 0) is 4.74 Å². The normalized spacial score (nSPS) is 22.2. The van der Waals surface area contributed by atoms with Gasteiger partial charge in [-0.15, -0.1) is 0 Å². The van der Waals surface area contributed by atoms with Gasteiger partial charge in [-0.1, -0.05) is 0 Å². The van der Waals surface area contributed by atoms with E-state index in [1.807, 2.05) is 7.05 Å². The van der Waals surface area contributed by atoms with Crippen molar-refractivity contribution in [2.24, 2.45) is 0 Å². The molecule has 1 rings (SSSR count). The smallest absolute Gasteiger partial charge is 0.0782 e. The number of ether oxygens (including phenoxy) is 1. The molecule has 3 nitrogen and oxygen atoms in total. The minimum Gasteiger partial charge on any atom is -0.377 e. The van der Waals surface area contributed by atoms with Crippen molar-refractivity contribution in [3.05, 3.63) is 0 Å². The van der Waals surface area contributed by atoms with Gasteiger partial charge in [0.1, 0.15) is 0 Å². The van der Waals surface area contributed by atoms with E-state index in [0.717, 1.165) is 0 Å². The molecule has 50 valence electrons. The van der Waals surface area contributed by atoms with Crippen molar-refractivity contribution in [1.29, 1.82) is 5.26 Å². The topological polar surface area (TPSA) is 45.0 Å². The van der Waals surface area contributed by atoms with E-state index in [-0.39, 0.29) is 5.54 Å². The van der Waals surface area contributed by atoms with Crippen LogP contribution in [-0.4, -0.2) is 25.8 Å². The molecule has 1 saturated heterocycles. The molecule has 0 bridgehead atoms. The Hall–Kier alpha value is -0.590. The molecule has 0 aromatic rings. The molecule has 0 atom stereocenters. The van der Waals surface area contributed by atoms with Gasteiger partial charge in [-0.2, -0.15) is 5.26 Å². The van der Waals surface area contributed by atoms with Gasteiger partial charge in [0.25, 0.3) is 0 Å². The van der Waals surface area contributed by atoms with Crippen molar-refractivity contribution in [3.8, 4) is 6.07 Å². The van der Waals surface area contributed by atoms with Gasteiger partial charge in [0, 0.05) is 0 Å². The fourth-order valence-corrected chi connectivity index (χ4v) is 0.835. The van der Waals surface area contributed by atoms with Crippen molar-refractivity contribution in [2.45, 2.75) is 12.0 Å². The second-order valence-electron chi connectivity index (χ2n) is 2.36. The molecular weight excluding hydrogens is 116 g/mol. The lowest BCUT2D eigenvalue weighted by atomic mass is 9.94. The lowest BCUT2D eigenvalue weighted by Crippen LogP contribution is -2.58. The molecule has 9 heavy (non-hydrogen) atoms. The number of hydrogen-bond acceptors (Lipinski definition) is 3. The fourth-order valence-electron chi connectivity index (χ4n) is 0.835. The van der Waals surface area contributed by atoms with E-state index in [4.69, 9.17) is 10.00 Å². The second-order valence-corrected chi connectivity index (χ2v) is 2.36. The van der Waals surface area contributed by atoms with E-state index in [1.165, 1.54) is 0 Å². The molecule has 1 N–H and O–H groups in total. The highest BCUT2D eigenvalue weighted by molar-refractivity contribution is 4.99. The SMILES string of the molecule is CNC1(CC#N)COC1. The maximum absolute atomic E-state index is 8.35. The summed E-state index contributed by atoms with van der Waals surface area (Å²) in [5.74, 6) is 0. The minimum atomic E-state index is -0.0191. The minimum absolute atomic E-state index is 0.0191. The summed E-state index contributed by atoms with van der Waals surface area (Å²) >= 11 is 0. The van der Waals surface area contributed by atoms with Gasteiger partial charge >= 0.3 is 0 Å². The van der Waals surface area contributed by atoms with E-state index in [9.17, 15) is 0 Å². The molecule has 1 fully saturated rings. The first-order valence-electron chi connectivity index (χ1n) is 2.97. The Kier molecular flexibility index (Phi) is 1.70. The van der Waals surface area contributed by atoms with Crippen LogP contribution in [0.4, 0.5) is 0 Å². The van der Waals surface area contributed by atoms with Gasteiger partial charge in [0.15, 0.2) is 0 Å². The number of hydrogen-bond donors (Lipinski definition) is 1. The second kappa shape index (κ2) is 2.34. The zero-order valence-corrected chi connectivity index (χ0v) is 5.48. The predicted molar refractivity (Wildman–Crippen MR) is 32.8 cm³/mol. The first kappa shape index (κ1) is 6.53. The lowest BCUT2D eigenvalue weighted by molar-refractivity contribution is -0.0679. The number of rotatable bonds is 2. The van der Waals surface area contributed by atoms with E-state index < -0.39 is 0 Å². The summed E-state index contributed by atoms with van der Waals surface area (Å²) in [5.41, 5.74) is -0.0191. The number of likely N-dealkylation sites (N-methyl/N-ethyl adjacent to an activating group) is 1. The Morgan fingerprint density at radius 3 is 2.56 bits per heavy atom. The zero-order valence-electron chi connectivity index (χ0n) is 5.48. The van der Waals surface area contributed by atoms with E-state index in [0.29, 0.717) is 19.6 Å². The largest absolute Gasteiger partial charge is 0.377 e. The number of nitriles is 1. The van der Waals surface area contributed by atoms with Crippen molar-refractivity contribution >= 4 is 0 Å². The molecule has 0 unspecified atom stereocenters. The fraction of sp³-hybridized carbons (Fsp3) is 0.833. The molecule has 3 heteroatoms. The molecule has 1 aliphatic rings. The van der Waals surface area contributed by atoms with E-state index in [2.05, 4.69) is 11.4 Å². The maximum Gasteiger partial charge on any atom is 0.0782 e. The standard InChI is InChI=1S/C6H10N2O/c1-8-6(2-3-7)4-9-5-6/h8H,2,4-5H2,1H3. The Balaban J connectivity index is 2.39. The third-order valence-corrected chi connectivity index (χ3v) is 1.70. The molecule has 0 amide bonds. The van der Waals surface area contributed by atoms with E-state index >= 15 is 0 Å². The van der Waals surface area contributed by atoms with Crippen molar-refractivity contribution in [2.75, 3.05) is 20.3 Å². The van der Waals surface area contributed by atoms with Gasteiger partial charge in [0.2, 0.25) is 0 Å². The van der Waals surface area contributed by atoms with E-state index in [1.54, 1.807) is 0 Å². The van der Waals surface area contributed by atoms with Crippen LogP contribution in [0.1, 0.15) is 6.42 Å². The van der Waals surface area contributed by atoms with Crippen LogP contribution >= 0.6 is 0 Å². The molecule has 0 aromatic heterocycles. The lowest BCUT2D eigenvalue weighted by Gasteiger charge is -2.39. The van der Waals surface area contributed by atoms with Crippen LogP contribution in [0.15, 0.2) is 0 Å². The summed E-state index contributed by atoms with van der Waals surface area (Å²) in [5, 5.41) is 11.4. The van der Waals surface area contributed by atoms with Crippen LogP contribution in [0.25, 0.3) is 0 Å². The van der Waals surface area contributed by atoms with Crippen LogP contribution in [0.5, 0.6) is 0 Å². The Bertz CT molecular complexity index is 129. The highest BCUT2D eigenvalue weighted by atomic mass is 16.5. The maximum atomic E-state index is 8.35. The quantitative estimate of drug-likeness (QED) is 0.561. The summed E-state index contributed by atoms with van der Waals surface area (Å²) < 4.78 is 4.97. The van der Waals surface area contributed by atoms with Crippen LogP contribution in [0.2, 0.25) is 0 Å². The predicted octanol–water partition coefficient (Wildman–Crippen LogP) is -0.112. The Morgan fingerprint density at radius 1 is 1.78 bits per heavy atom. The summed E-state index contributed by atoms with van der Waals surface area (Å²) in [6, 6.07) is 2.12. The van der Waals surface area contributed by atoms with Gasteiger partial charge in [-0.25, -0.2) is 0 Å². The molecule has 0 aliphatic carbocycles. The average Bonchev–Trinajstić information content (AvgIpc) is 1.79.